The Hall–Kier alpha value is -1.28. The van der Waals surface area contributed by atoms with Crippen LogP contribution in [0.5, 0.6) is 0 Å². The molecule has 0 spiro atoms. The van der Waals surface area contributed by atoms with Gasteiger partial charge in [-0.1, -0.05) is 17.7 Å². The van der Waals surface area contributed by atoms with Crippen molar-refractivity contribution in [2.24, 2.45) is 0 Å². The minimum Gasteiger partial charge on any atom is -0.300 e. The SMILES string of the molecule is Cc1ccc(-n2c(C)cnc2C)c(Cl)c1. The van der Waals surface area contributed by atoms with Crippen LogP contribution in [0.4, 0.5) is 0 Å². The fraction of sp³-hybridized carbons (Fsp3) is 0.250. The summed E-state index contributed by atoms with van der Waals surface area (Å²) in [5.41, 5.74) is 3.26. The topological polar surface area (TPSA) is 17.8 Å². The number of imidazole rings is 1. The first-order valence-electron chi connectivity index (χ1n) is 4.87. The quantitative estimate of drug-likeness (QED) is 0.720. The number of hydrogen-bond donors (Lipinski definition) is 0. The maximum Gasteiger partial charge on any atom is 0.110 e. The number of benzene rings is 1. The Bertz CT molecular complexity index is 481. The molecule has 15 heavy (non-hydrogen) atoms. The van der Waals surface area contributed by atoms with Gasteiger partial charge in [-0.2, -0.15) is 0 Å². The van der Waals surface area contributed by atoms with Crippen molar-refractivity contribution >= 4 is 11.6 Å². The molecule has 3 heteroatoms. The molecule has 0 aliphatic rings. The molecule has 0 unspecified atom stereocenters. The Morgan fingerprint density at radius 1 is 1.20 bits per heavy atom. The maximum absolute atomic E-state index is 6.22. The Morgan fingerprint density at radius 3 is 2.47 bits per heavy atom. The predicted molar refractivity (Wildman–Crippen MR) is 62.8 cm³/mol. The van der Waals surface area contributed by atoms with Crippen molar-refractivity contribution in [1.29, 1.82) is 0 Å². The summed E-state index contributed by atoms with van der Waals surface area (Å²) in [5.74, 6) is 0.957. The Kier molecular flexibility index (Phi) is 2.53. The van der Waals surface area contributed by atoms with Crippen LogP contribution in [0.25, 0.3) is 5.69 Å². The summed E-state index contributed by atoms with van der Waals surface area (Å²) in [4.78, 5) is 4.26. The van der Waals surface area contributed by atoms with E-state index in [1.807, 2.05) is 39.1 Å². The third-order valence-electron chi connectivity index (χ3n) is 2.46. The normalized spacial score (nSPS) is 10.7. The zero-order valence-corrected chi connectivity index (χ0v) is 9.84. The molecule has 2 nitrogen and oxygen atoms in total. The summed E-state index contributed by atoms with van der Waals surface area (Å²) >= 11 is 6.22. The van der Waals surface area contributed by atoms with Crippen LogP contribution in [-0.4, -0.2) is 9.55 Å². The van der Waals surface area contributed by atoms with Gasteiger partial charge in [-0.25, -0.2) is 4.98 Å². The highest BCUT2D eigenvalue weighted by Gasteiger charge is 2.08. The molecule has 1 aromatic carbocycles. The van der Waals surface area contributed by atoms with Gasteiger partial charge in [-0.15, -0.1) is 0 Å². The number of aromatic nitrogens is 2. The van der Waals surface area contributed by atoms with E-state index in [0.29, 0.717) is 0 Å². The molecule has 1 heterocycles. The first kappa shape index (κ1) is 10.2. The lowest BCUT2D eigenvalue weighted by molar-refractivity contribution is 0.940. The van der Waals surface area contributed by atoms with Gasteiger partial charge in [0.1, 0.15) is 5.82 Å². The van der Waals surface area contributed by atoms with Crippen LogP contribution in [0.3, 0.4) is 0 Å². The Balaban J connectivity index is 2.64. The second-order valence-electron chi connectivity index (χ2n) is 3.74. The summed E-state index contributed by atoms with van der Waals surface area (Å²) in [6, 6.07) is 6.05. The summed E-state index contributed by atoms with van der Waals surface area (Å²) in [7, 11) is 0. The van der Waals surface area contributed by atoms with Gasteiger partial charge in [0.15, 0.2) is 0 Å². The van der Waals surface area contributed by atoms with E-state index in [1.165, 1.54) is 5.56 Å². The molecule has 0 saturated carbocycles. The van der Waals surface area contributed by atoms with E-state index >= 15 is 0 Å². The molecule has 0 amide bonds. The highest BCUT2D eigenvalue weighted by atomic mass is 35.5. The molecule has 2 aromatic rings. The van der Waals surface area contributed by atoms with Gasteiger partial charge in [0.05, 0.1) is 10.7 Å². The zero-order valence-electron chi connectivity index (χ0n) is 9.08. The maximum atomic E-state index is 6.22. The monoisotopic (exact) mass is 220 g/mol. The summed E-state index contributed by atoms with van der Waals surface area (Å²) in [6.45, 7) is 6.03. The minimum atomic E-state index is 0.763. The molecule has 0 fully saturated rings. The van der Waals surface area contributed by atoms with Crippen LogP contribution in [0.2, 0.25) is 5.02 Å². The minimum absolute atomic E-state index is 0.763. The van der Waals surface area contributed by atoms with Crippen LogP contribution in [-0.2, 0) is 0 Å². The highest BCUT2D eigenvalue weighted by molar-refractivity contribution is 6.32. The fourth-order valence-electron chi connectivity index (χ4n) is 1.72. The third-order valence-corrected chi connectivity index (χ3v) is 2.76. The average molecular weight is 221 g/mol. The molecule has 78 valence electrons. The van der Waals surface area contributed by atoms with Crippen LogP contribution < -0.4 is 0 Å². The Morgan fingerprint density at radius 2 is 1.93 bits per heavy atom. The number of halogens is 1. The van der Waals surface area contributed by atoms with Gasteiger partial charge in [0, 0.05) is 11.9 Å². The first-order chi connectivity index (χ1) is 7.09. The predicted octanol–water partition coefficient (Wildman–Crippen LogP) is 3.45. The van der Waals surface area contributed by atoms with Crippen LogP contribution in [0.15, 0.2) is 24.4 Å². The zero-order chi connectivity index (χ0) is 11.0. The van der Waals surface area contributed by atoms with Gasteiger partial charge in [-0.3, -0.25) is 4.57 Å². The van der Waals surface area contributed by atoms with Gasteiger partial charge in [0.2, 0.25) is 0 Å². The third kappa shape index (κ3) is 1.77. The number of aryl methyl sites for hydroxylation is 3. The summed E-state index contributed by atoms with van der Waals surface area (Å²) in [5, 5.41) is 0.763. The van der Waals surface area contributed by atoms with E-state index in [-0.39, 0.29) is 0 Å². The molecule has 0 aliphatic heterocycles. The first-order valence-corrected chi connectivity index (χ1v) is 5.25. The van der Waals surface area contributed by atoms with Crippen molar-refractivity contribution in [3.63, 3.8) is 0 Å². The van der Waals surface area contributed by atoms with Crippen LogP contribution in [0, 0.1) is 20.8 Å². The second-order valence-corrected chi connectivity index (χ2v) is 4.14. The van der Waals surface area contributed by atoms with Gasteiger partial charge in [-0.05, 0) is 38.5 Å². The molecule has 1 aromatic heterocycles. The van der Waals surface area contributed by atoms with Crippen molar-refractivity contribution in [2.75, 3.05) is 0 Å². The van der Waals surface area contributed by atoms with E-state index in [4.69, 9.17) is 11.6 Å². The van der Waals surface area contributed by atoms with Crippen molar-refractivity contribution in [2.45, 2.75) is 20.8 Å². The van der Waals surface area contributed by atoms with Gasteiger partial charge >= 0.3 is 0 Å². The smallest absolute Gasteiger partial charge is 0.110 e. The van der Waals surface area contributed by atoms with E-state index in [9.17, 15) is 0 Å². The van der Waals surface area contributed by atoms with Crippen molar-refractivity contribution in [3.8, 4) is 5.69 Å². The number of rotatable bonds is 1. The lowest BCUT2D eigenvalue weighted by Gasteiger charge is -2.10. The Labute approximate surface area is 94.5 Å². The number of hydrogen-bond acceptors (Lipinski definition) is 1. The average Bonchev–Trinajstić information content (AvgIpc) is 2.48. The van der Waals surface area contributed by atoms with E-state index in [0.717, 1.165) is 22.2 Å². The van der Waals surface area contributed by atoms with E-state index < -0.39 is 0 Å². The van der Waals surface area contributed by atoms with Gasteiger partial charge in [0.25, 0.3) is 0 Å². The van der Waals surface area contributed by atoms with Gasteiger partial charge < -0.3 is 0 Å². The highest BCUT2D eigenvalue weighted by Crippen LogP contribution is 2.24. The molecule has 0 aliphatic carbocycles. The molecule has 0 atom stereocenters. The standard InChI is InChI=1S/C12H13ClN2/c1-8-4-5-12(11(13)6-8)15-9(2)7-14-10(15)3/h4-7H,1-3H3. The van der Waals surface area contributed by atoms with Crippen LogP contribution >= 0.6 is 11.6 Å². The molecule has 0 saturated heterocycles. The lowest BCUT2D eigenvalue weighted by Crippen LogP contribution is -2.00. The van der Waals surface area contributed by atoms with Crippen LogP contribution in [0.1, 0.15) is 17.1 Å². The van der Waals surface area contributed by atoms with Crippen molar-refractivity contribution in [3.05, 3.63) is 46.5 Å². The van der Waals surface area contributed by atoms with Crippen molar-refractivity contribution < 1.29 is 0 Å². The van der Waals surface area contributed by atoms with E-state index in [1.54, 1.807) is 0 Å². The summed E-state index contributed by atoms with van der Waals surface area (Å²) in [6.07, 6.45) is 1.85. The molecular weight excluding hydrogens is 208 g/mol. The van der Waals surface area contributed by atoms with Crippen molar-refractivity contribution in [1.82, 2.24) is 9.55 Å². The summed E-state index contributed by atoms with van der Waals surface area (Å²) < 4.78 is 2.06. The molecule has 0 radical (unpaired) electrons. The number of nitrogens with zero attached hydrogens (tertiary/aromatic N) is 2. The lowest BCUT2D eigenvalue weighted by atomic mass is 10.2. The molecular formula is C12H13ClN2. The largest absolute Gasteiger partial charge is 0.300 e. The molecule has 0 bridgehead atoms. The second kappa shape index (κ2) is 3.70. The fourth-order valence-corrected chi connectivity index (χ4v) is 2.03. The molecule has 0 N–H and O–H groups in total. The molecule has 2 rings (SSSR count). The van der Waals surface area contributed by atoms with E-state index in [2.05, 4.69) is 15.6 Å².